The number of carbonyl (C=O) groups is 2. The maximum atomic E-state index is 12.7. The highest BCUT2D eigenvalue weighted by atomic mass is 19.1. The van der Waals surface area contributed by atoms with Crippen molar-refractivity contribution >= 4 is 18.0 Å². The van der Waals surface area contributed by atoms with E-state index in [-0.39, 0.29) is 0 Å². The molecule has 0 saturated carbocycles. The summed E-state index contributed by atoms with van der Waals surface area (Å²) < 4.78 is 12.7. The minimum absolute atomic E-state index is 0.417. The van der Waals surface area contributed by atoms with Gasteiger partial charge in [-0.3, -0.25) is 9.59 Å². The second kappa shape index (κ2) is 4.85. The molecule has 78 valence electrons. The molecule has 3 N–H and O–H groups in total. The first-order chi connectivity index (χ1) is 7.09. The zero-order valence-electron chi connectivity index (χ0n) is 7.61. The van der Waals surface area contributed by atoms with Crippen LogP contribution in [0, 0.1) is 5.82 Å². The van der Waals surface area contributed by atoms with Crippen LogP contribution in [0.4, 0.5) is 4.39 Å². The lowest BCUT2D eigenvalue weighted by Crippen LogP contribution is -2.32. The second-order valence-electron chi connectivity index (χ2n) is 2.62. The molecule has 5 nitrogen and oxygen atoms in total. The average molecular weight is 209 g/mol. The Balaban J connectivity index is 2.59. The Hall–Kier alpha value is -2.24. The molecule has 1 rings (SSSR count). The lowest BCUT2D eigenvalue weighted by molar-refractivity contribution is -0.137. The van der Waals surface area contributed by atoms with Crippen LogP contribution in [-0.2, 0) is 9.59 Å². The lowest BCUT2D eigenvalue weighted by Gasteiger charge is -1.94. The molecule has 0 bridgehead atoms. The molecule has 2 amide bonds. The number of hydrogen-bond donors (Lipinski definition) is 2. The fourth-order valence-electron chi connectivity index (χ4n) is 0.807. The molecule has 0 aliphatic rings. The Morgan fingerprint density at radius 3 is 2.80 bits per heavy atom. The van der Waals surface area contributed by atoms with Gasteiger partial charge in [0, 0.05) is 0 Å². The van der Waals surface area contributed by atoms with Crippen LogP contribution in [0.15, 0.2) is 29.4 Å². The Labute approximate surface area is 84.8 Å². The van der Waals surface area contributed by atoms with Gasteiger partial charge < -0.3 is 5.73 Å². The van der Waals surface area contributed by atoms with Crippen LogP contribution >= 0.6 is 0 Å². The molecule has 1 aromatic rings. The molecule has 0 radical (unpaired) electrons. The lowest BCUT2D eigenvalue weighted by atomic mass is 10.2. The maximum Gasteiger partial charge on any atom is 0.329 e. The maximum absolute atomic E-state index is 12.7. The SMILES string of the molecule is NC(=O)C(=O)NN=Cc1cccc(F)c1. The summed E-state index contributed by atoms with van der Waals surface area (Å²) in [5.74, 6) is -2.57. The van der Waals surface area contributed by atoms with Gasteiger partial charge in [0.1, 0.15) is 5.82 Å². The first-order valence-electron chi connectivity index (χ1n) is 3.98. The summed E-state index contributed by atoms with van der Waals surface area (Å²) in [4.78, 5) is 20.9. The molecule has 0 fully saturated rings. The van der Waals surface area contributed by atoms with E-state index in [0.29, 0.717) is 5.56 Å². The van der Waals surface area contributed by atoms with E-state index >= 15 is 0 Å². The number of benzene rings is 1. The van der Waals surface area contributed by atoms with Crippen LogP contribution in [0.1, 0.15) is 5.56 Å². The van der Waals surface area contributed by atoms with Crippen molar-refractivity contribution in [1.29, 1.82) is 0 Å². The third-order valence-electron chi connectivity index (χ3n) is 1.45. The Morgan fingerprint density at radius 1 is 1.47 bits per heavy atom. The van der Waals surface area contributed by atoms with E-state index in [0.717, 1.165) is 0 Å². The molecule has 0 heterocycles. The average Bonchev–Trinajstić information content (AvgIpc) is 2.17. The molecule has 6 heteroatoms. The monoisotopic (exact) mass is 209 g/mol. The fraction of sp³-hybridized carbons (Fsp3) is 0. The number of carbonyl (C=O) groups excluding carboxylic acids is 2. The highest BCUT2D eigenvalue weighted by molar-refractivity contribution is 6.34. The summed E-state index contributed by atoms with van der Waals surface area (Å²) in [6, 6.07) is 5.58. The zero-order valence-corrected chi connectivity index (χ0v) is 7.61. The van der Waals surface area contributed by atoms with Crippen molar-refractivity contribution in [3.63, 3.8) is 0 Å². The molecule has 0 aromatic heterocycles. The van der Waals surface area contributed by atoms with Crippen LogP contribution in [0.5, 0.6) is 0 Å². The molecular weight excluding hydrogens is 201 g/mol. The highest BCUT2D eigenvalue weighted by Crippen LogP contribution is 1.99. The Kier molecular flexibility index (Phi) is 3.50. The van der Waals surface area contributed by atoms with Gasteiger partial charge in [0.25, 0.3) is 0 Å². The van der Waals surface area contributed by atoms with Gasteiger partial charge in [-0.1, -0.05) is 12.1 Å². The number of nitrogens with one attached hydrogen (secondary N) is 1. The van der Waals surface area contributed by atoms with Crippen molar-refractivity contribution < 1.29 is 14.0 Å². The molecule has 1 aromatic carbocycles. The normalized spacial score (nSPS) is 10.2. The number of hydrogen-bond acceptors (Lipinski definition) is 3. The highest BCUT2D eigenvalue weighted by Gasteiger charge is 2.05. The fourth-order valence-corrected chi connectivity index (χ4v) is 0.807. The summed E-state index contributed by atoms with van der Waals surface area (Å²) in [6.45, 7) is 0. The van der Waals surface area contributed by atoms with E-state index in [4.69, 9.17) is 0 Å². The van der Waals surface area contributed by atoms with E-state index in [1.54, 1.807) is 6.07 Å². The number of primary amides is 1. The van der Waals surface area contributed by atoms with Gasteiger partial charge in [0.05, 0.1) is 6.21 Å². The van der Waals surface area contributed by atoms with Gasteiger partial charge in [-0.25, -0.2) is 9.82 Å². The summed E-state index contributed by atoms with van der Waals surface area (Å²) in [6.07, 6.45) is 1.20. The van der Waals surface area contributed by atoms with Crippen molar-refractivity contribution in [1.82, 2.24) is 5.43 Å². The van der Waals surface area contributed by atoms with Crippen molar-refractivity contribution in [3.8, 4) is 0 Å². The Bertz CT molecular complexity index is 418. The van der Waals surface area contributed by atoms with Gasteiger partial charge in [0.2, 0.25) is 0 Å². The van der Waals surface area contributed by atoms with E-state index in [1.807, 2.05) is 5.43 Å². The van der Waals surface area contributed by atoms with E-state index in [9.17, 15) is 14.0 Å². The smallest absolute Gasteiger partial charge is 0.329 e. The van der Waals surface area contributed by atoms with Crippen LogP contribution in [0.2, 0.25) is 0 Å². The molecule has 0 aliphatic heterocycles. The number of amides is 2. The summed E-state index contributed by atoms with van der Waals surface area (Å²) >= 11 is 0. The second-order valence-corrected chi connectivity index (χ2v) is 2.62. The molecule has 0 aliphatic carbocycles. The van der Waals surface area contributed by atoms with Crippen molar-refractivity contribution in [2.45, 2.75) is 0 Å². The molecule has 15 heavy (non-hydrogen) atoms. The number of nitrogens with zero attached hydrogens (tertiary/aromatic N) is 1. The zero-order chi connectivity index (χ0) is 11.3. The van der Waals surface area contributed by atoms with Crippen molar-refractivity contribution in [3.05, 3.63) is 35.6 Å². The molecule has 0 atom stereocenters. The van der Waals surface area contributed by atoms with Gasteiger partial charge in [-0.15, -0.1) is 0 Å². The van der Waals surface area contributed by atoms with E-state index in [2.05, 4.69) is 10.8 Å². The number of halogens is 1. The van der Waals surface area contributed by atoms with Gasteiger partial charge >= 0.3 is 11.8 Å². The standard InChI is InChI=1S/C9H8FN3O2/c10-7-3-1-2-6(4-7)5-12-13-9(15)8(11)14/h1-5H,(H2,11,14)(H,13,15). The van der Waals surface area contributed by atoms with Gasteiger partial charge in [0.15, 0.2) is 0 Å². The summed E-state index contributed by atoms with van der Waals surface area (Å²) in [7, 11) is 0. The first kappa shape index (κ1) is 10.8. The van der Waals surface area contributed by atoms with Gasteiger partial charge in [-0.05, 0) is 17.7 Å². The van der Waals surface area contributed by atoms with Crippen LogP contribution in [-0.4, -0.2) is 18.0 Å². The molecule has 0 unspecified atom stereocenters. The quantitative estimate of drug-likeness (QED) is 0.400. The predicted octanol–water partition coefficient (Wildman–Crippen LogP) is -0.239. The van der Waals surface area contributed by atoms with E-state index in [1.165, 1.54) is 24.4 Å². The third kappa shape index (κ3) is 3.55. The topological polar surface area (TPSA) is 84.5 Å². The summed E-state index contributed by atoms with van der Waals surface area (Å²) in [5.41, 5.74) is 7.00. The third-order valence-corrected chi connectivity index (χ3v) is 1.45. The molecule has 0 saturated heterocycles. The van der Waals surface area contributed by atoms with Crippen LogP contribution in [0.3, 0.4) is 0 Å². The number of nitrogens with two attached hydrogens (primary N) is 1. The molecular formula is C9H8FN3O2. The minimum atomic E-state index is -1.13. The minimum Gasteiger partial charge on any atom is -0.361 e. The van der Waals surface area contributed by atoms with Gasteiger partial charge in [-0.2, -0.15) is 5.10 Å². The number of hydrazone groups is 1. The van der Waals surface area contributed by atoms with Crippen LogP contribution < -0.4 is 11.2 Å². The Morgan fingerprint density at radius 2 is 2.20 bits per heavy atom. The first-order valence-corrected chi connectivity index (χ1v) is 3.98. The van der Waals surface area contributed by atoms with Crippen LogP contribution in [0.25, 0.3) is 0 Å². The number of rotatable bonds is 2. The molecule has 0 spiro atoms. The van der Waals surface area contributed by atoms with Crippen molar-refractivity contribution in [2.75, 3.05) is 0 Å². The summed E-state index contributed by atoms with van der Waals surface area (Å²) in [5, 5.41) is 3.41. The van der Waals surface area contributed by atoms with E-state index < -0.39 is 17.6 Å². The van der Waals surface area contributed by atoms with Crippen molar-refractivity contribution in [2.24, 2.45) is 10.8 Å². The predicted molar refractivity (Wildman–Crippen MR) is 51.3 cm³/mol. The largest absolute Gasteiger partial charge is 0.361 e.